The van der Waals surface area contributed by atoms with Gasteiger partial charge < -0.3 is 26.8 Å². The minimum Gasteiger partial charge on any atom is -0.666 e. The van der Waals surface area contributed by atoms with E-state index in [9.17, 15) is 9.59 Å². The summed E-state index contributed by atoms with van der Waals surface area (Å²) in [5, 5.41) is 24.2. The maximum atomic E-state index is 9.79. The van der Waals surface area contributed by atoms with E-state index in [-0.39, 0.29) is 17.1 Å². The van der Waals surface area contributed by atoms with Crippen LogP contribution in [0.4, 0.5) is 0 Å². The standard InChI is InChI=1S/C4H8NO3.C3H6NO2.Cu/c1-2(6)3(5)4(7)8;1-2(4)3(5)6;/h2-3,5-6H,1H3,(H,7,8);2,4H,1H3,(H,5,6);/q2*-1;+2. The predicted molar refractivity (Wildman–Crippen MR) is 48.8 cm³/mol. The molecule has 8 heteroatoms. The van der Waals surface area contributed by atoms with Crippen molar-refractivity contribution in [2.45, 2.75) is 32.0 Å². The summed E-state index contributed by atoms with van der Waals surface area (Å²) < 4.78 is 0. The van der Waals surface area contributed by atoms with Gasteiger partial charge in [0, 0.05) is 6.10 Å². The fourth-order valence-electron chi connectivity index (χ4n) is 0.206. The second-order valence-corrected chi connectivity index (χ2v) is 2.62. The summed E-state index contributed by atoms with van der Waals surface area (Å²) in [6, 6.07) is -2.39. The van der Waals surface area contributed by atoms with Crippen LogP contribution < -0.4 is 0 Å². The number of aliphatic carboxylic acids is 2. The summed E-state index contributed by atoms with van der Waals surface area (Å²) in [6.07, 6.45) is -1.09. The second-order valence-electron chi connectivity index (χ2n) is 2.62. The van der Waals surface area contributed by atoms with Gasteiger partial charge in [-0.2, -0.15) is 0 Å². The molecule has 0 spiro atoms. The molecule has 0 aromatic carbocycles. The first-order valence-corrected chi connectivity index (χ1v) is 3.76. The number of carboxylic acid groups (broad SMARTS) is 2. The fraction of sp³-hybridized carbons (Fsp3) is 0.714. The molecule has 3 atom stereocenters. The van der Waals surface area contributed by atoms with Gasteiger partial charge in [0.25, 0.3) is 11.9 Å². The van der Waals surface area contributed by atoms with Gasteiger partial charge in [0.1, 0.15) is 0 Å². The van der Waals surface area contributed by atoms with Gasteiger partial charge in [0.2, 0.25) is 0 Å². The Morgan fingerprint density at radius 2 is 1.33 bits per heavy atom. The van der Waals surface area contributed by atoms with Crippen LogP contribution in [0.15, 0.2) is 0 Å². The van der Waals surface area contributed by atoms with Crippen LogP contribution in [0.1, 0.15) is 13.8 Å². The van der Waals surface area contributed by atoms with Crippen molar-refractivity contribution in [3.63, 3.8) is 0 Å². The van der Waals surface area contributed by atoms with E-state index in [0.29, 0.717) is 0 Å². The van der Waals surface area contributed by atoms with E-state index < -0.39 is 30.1 Å². The van der Waals surface area contributed by atoms with Crippen LogP contribution in [0.2, 0.25) is 0 Å². The van der Waals surface area contributed by atoms with Gasteiger partial charge >= 0.3 is 17.1 Å². The first kappa shape index (κ1) is 19.8. The van der Waals surface area contributed by atoms with Gasteiger partial charge in [-0.05, 0) is 19.0 Å². The first-order chi connectivity index (χ1) is 6.20. The Morgan fingerprint density at radius 3 is 1.33 bits per heavy atom. The monoisotopic (exact) mass is 269 g/mol. The summed E-state index contributed by atoms with van der Waals surface area (Å²) in [4.78, 5) is 19.3. The smallest absolute Gasteiger partial charge is 0.666 e. The maximum absolute atomic E-state index is 9.79. The van der Waals surface area contributed by atoms with Gasteiger partial charge in [-0.1, -0.05) is 6.92 Å². The Bertz CT molecular complexity index is 198. The fourth-order valence-corrected chi connectivity index (χ4v) is 0.206. The van der Waals surface area contributed by atoms with Gasteiger partial charge in [-0.25, -0.2) is 0 Å². The zero-order valence-corrected chi connectivity index (χ0v) is 9.13. The molecular formula is C7H14CuN2O5. The number of hydrogen-bond donors (Lipinski definition) is 3. The summed E-state index contributed by atoms with van der Waals surface area (Å²) in [7, 11) is 0. The molecule has 0 saturated heterocycles. The van der Waals surface area contributed by atoms with E-state index in [4.69, 9.17) is 26.8 Å². The largest absolute Gasteiger partial charge is 2.00 e. The average Bonchev–Trinajstić information content (AvgIpc) is 2.03. The van der Waals surface area contributed by atoms with Crippen LogP contribution in [0.25, 0.3) is 11.5 Å². The van der Waals surface area contributed by atoms with Crippen LogP contribution in [0.3, 0.4) is 0 Å². The Morgan fingerprint density at radius 1 is 1.07 bits per heavy atom. The number of rotatable bonds is 3. The minimum atomic E-state index is -1.41. The number of aliphatic hydroxyl groups is 1. The van der Waals surface area contributed by atoms with E-state index in [1.807, 2.05) is 0 Å². The van der Waals surface area contributed by atoms with Crippen molar-refractivity contribution in [2.75, 3.05) is 0 Å². The SMILES string of the molecule is CC(O)C([NH-])C(=O)O.CC([NH-])C(=O)O.[Cu+2]. The van der Waals surface area contributed by atoms with E-state index in [1.165, 1.54) is 13.8 Å². The molecule has 0 saturated carbocycles. The molecule has 93 valence electrons. The number of hydrogen-bond acceptors (Lipinski definition) is 3. The van der Waals surface area contributed by atoms with Crippen molar-refractivity contribution in [1.29, 1.82) is 0 Å². The number of aliphatic hydroxyl groups excluding tert-OH is 1. The Labute approximate surface area is 97.9 Å². The summed E-state index contributed by atoms with van der Waals surface area (Å²) >= 11 is 0. The molecule has 0 fully saturated rings. The van der Waals surface area contributed by atoms with Crippen molar-refractivity contribution < 1.29 is 42.0 Å². The van der Waals surface area contributed by atoms with Crippen molar-refractivity contribution >= 4 is 11.9 Å². The molecule has 0 bridgehead atoms. The van der Waals surface area contributed by atoms with Crippen molar-refractivity contribution in [3.05, 3.63) is 11.5 Å². The van der Waals surface area contributed by atoms with Crippen molar-refractivity contribution in [3.8, 4) is 0 Å². The number of nitrogens with one attached hydrogen (secondary N) is 2. The van der Waals surface area contributed by atoms with Crippen molar-refractivity contribution in [1.82, 2.24) is 0 Å². The molecule has 0 rings (SSSR count). The normalized spacial score (nSPS) is 14.7. The van der Waals surface area contributed by atoms with Gasteiger partial charge in [-0.15, -0.1) is 0 Å². The molecule has 0 heterocycles. The van der Waals surface area contributed by atoms with E-state index >= 15 is 0 Å². The quantitative estimate of drug-likeness (QED) is 0.635. The first-order valence-electron chi connectivity index (χ1n) is 3.76. The molecule has 3 unspecified atom stereocenters. The van der Waals surface area contributed by atoms with Gasteiger partial charge in [-0.3, -0.25) is 9.59 Å². The average molecular weight is 270 g/mol. The van der Waals surface area contributed by atoms with E-state index in [2.05, 4.69) is 0 Å². The van der Waals surface area contributed by atoms with Crippen molar-refractivity contribution in [2.24, 2.45) is 0 Å². The van der Waals surface area contributed by atoms with Crippen LogP contribution in [0, 0.1) is 0 Å². The summed E-state index contributed by atoms with van der Waals surface area (Å²) in [5.41, 5.74) is 13.1. The van der Waals surface area contributed by atoms with Crippen LogP contribution in [-0.2, 0) is 26.7 Å². The van der Waals surface area contributed by atoms with Crippen LogP contribution >= 0.6 is 0 Å². The molecule has 5 N–H and O–H groups in total. The van der Waals surface area contributed by atoms with Crippen LogP contribution in [0.5, 0.6) is 0 Å². The number of carboxylic acids is 2. The molecular weight excluding hydrogens is 256 g/mol. The third-order valence-corrected chi connectivity index (χ3v) is 1.12. The zero-order chi connectivity index (χ0) is 11.9. The second kappa shape index (κ2) is 9.88. The Hall–Kier alpha value is -0.661. The molecule has 15 heavy (non-hydrogen) atoms. The topological polar surface area (TPSA) is 142 Å². The molecule has 0 aliphatic heterocycles. The summed E-state index contributed by atoms with van der Waals surface area (Å²) in [5.74, 6) is -2.37. The maximum Gasteiger partial charge on any atom is 2.00 e. The molecule has 0 aromatic rings. The Kier molecular flexibility index (Phi) is 13.1. The molecule has 0 aromatic heterocycles. The van der Waals surface area contributed by atoms with Gasteiger partial charge in [0.15, 0.2) is 0 Å². The molecule has 0 aliphatic rings. The van der Waals surface area contributed by atoms with Crippen LogP contribution in [-0.4, -0.2) is 45.4 Å². The third-order valence-electron chi connectivity index (χ3n) is 1.12. The van der Waals surface area contributed by atoms with Gasteiger partial charge in [0.05, 0.1) is 0 Å². The van der Waals surface area contributed by atoms with E-state index in [1.54, 1.807) is 0 Å². The third kappa shape index (κ3) is 13.3. The minimum absolute atomic E-state index is 0. The molecule has 0 amide bonds. The zero-order valence-electron chi connectivity index (χ0n) is 8.19. The number of carbonyl (C=O) groups is 2. The van der Waals surface area contributed by atoms with E-state index in [0.717, 1.165) is 0 Å². The predicted octanol–water partition coefficient (Wildman–Crippen LogP) is 0.382. The summed E-state index contributed by atoms with van der Waals surface area (Å²) in [6.45, 7) is 2.58. The molecule has 0 aliphatic carbocycles. The molecule has 1 radical (unpaired) electrons. The molecule has 7 nitrogen and oxygen atoms in total. The Balaban J connectivity index is -0.000000187.